The number of benzene rings is 1. The molecule has 0 saturated carbocycles. The molecule has 0 aromatic heterocycles. The van der Waals surface area contributed by atoms with Gasteiger partial charge >= 0.3 is 0 Å². The van der Waals surface area contributed by atoms with Gasteiger partial charge in [0.05, 0.1) is 0 Å². The summed E-state index contributed by atoms with van der Waals surface area (Å²) in [7, 11) is 0. The van der Waals surface area contributed by atoms with Crippen molar-refractivity contribution in [3.8, 4) is 5.75 Å². The lowest BCUT2D eigenvalue weighted by atomic mass is 9.80. The van der Waals surface area contributed by atoms with Gasteiger partial charge in [0.2, 0.25) is 0 Å². The van der Waals surface area contributed by atoms with Crippen molar-refractivity contribution in [2.24, 2.45) is 5.73 Å². The standard InChI is InChI=1S/C16H25NOS/c1-15(2,3)11-7-8-13(18-10-14(17)19)12(9-11)16(4,5)6/h7-9H,10H2,1-6H3,(H2,17,19). The van der Waals surface area contributed by atoms with Crippen LogP contribution in [0.2, 0.25) is 0 Å². The molecule has 0 heterocycles. The van der Waals surface area contributed by atoms with Gasteiger partial charge in [-0.05, 0) is 28.0 Å². The van der Waals surface area contributed by atoms with Crippen molar-refractivity contribution < 1.29 is 4.74 Å². The number of rotatable bonds is 3. The largest absolute Gasteiger partial charge is 0.486 e. The van der Waals surface area contributed by atoms with Crippen LogP contribution in [0.4, 0.5) is 0 Å². The Morgan fingerprint density at radius 1 is 1.11 bits per heavy atom. The summed E-state index contributed by atoms with van der Waals surface area (Å²) >= 11 is 4.87. The zero-order valence-electron chi connectivity index (χ0n) is 12.8. The Morgan fingerprint density at radius 3 is 2.11 bits per heavy atom. The van der Waals surface area contributed by atoms with Gasteiger partial charge in [0, 0.05) is 0 Å². The fraction of sp³-hybridized carbons (Fsp3) is 0.562. The molecule has 0 spiro atoms. The van der Waals surface area contributed by atoms with Crippen molar-refractivity contribution in [1.82, 2.24) is 0 Å². The third kappa shape index (κ3) is 4.50. The first kappa shape index (κ1) is 16.0. The van der Waals surface area contributed by atoms with E-state index in [0.717, 1.165) is 5.75 Å². The quantitative estimate of drug-likeness (QED) is 0.851. The van der Waals surface area contributed by atoms with E-state index in [1.165, 1.54) is 11.1 Å². The summed E-state index contributed by atoms with van der Waals surface area (Å²) in [6, 6.07) is 6.37. The summed E-state index contributed by atoms with van der Waals surface area (Å²) in [6.45, 7) is 13.5. The van der Waals surface area contributed by atoms with E-state index >= 15 is 0 Å². The summed E-state index contributed by atoms with van der Waals surface area (Å²) in [5.41, 5.74) is 8.15. The number of hydrogen-bond acceptors (Lipinski definition) is 2. The Bertz CT molecular complexity index is 467. The average molecular weight is 279 g/mol. The summed E-state index contributed by atoms with van der Waals surface area (Å²) in [6.07, 6.45) is 0. The van der Waals surface area contributed by atoms with Crippen LogP contribution in [0, 0.1) is 0 Å². The number of hydrogen-bond donors (Lipinski definition) is 1. The lowest BCUT2D eigenvalue weighted by molar-refractivity contribution is 0.363. The van der Waals surface area contributed by atoms with Crippen molar-refractivity contribution in [1.29, 1.82) is 0 Å². The molecule has 19 heavy (non-hydrogen) atoms. The molecule has 3 heteroatoms. The van der Waals surface area contributed by atoms with Gasteiger partial charge in [-0.25, -0.2) is 0 Å². The third-order valence-electron chi connectivity index (χ3n) is 3.02. The Labute approximate surface area is 122 Å². The highest BCUT2D eigenvalue weighted by atomic mass is 32.1. The highest BCUT2D eigenvalue weighted by Gasteiger charge is 2.23. The first-order valence-electron chi connectivity index (χ1n) is 6.58. The molecule has 0 bridgehead atoms. The monoisotopic (exact) mass is 279 g/mol. The van der Waals surface area contributed by atoms with E-state index in [-0.39, 0.29) is 17.4 Å². The van der Waals surface area contributed by atoms with Gasteiger partial charge in [0.25, 0.3) is 0 Å². The topological polar surface area (TPSA) is 35.2 Å². The Kier molecular flexibility index (Phi) is 4.62. The molecule has 2 N–H and O–H groups in total. The highest BCUT2D eigenvalue weighted by Crippen LogP contribution is 2.35. The first-order valence-corrected chi connectivity index (χ1v) is 6.99. The summed E-state index contributed by atoms with van der Waals surface area (Å²) in [5.74, 6) is 0.869. The minimum absolute atomic E-state index is 0.0206. The van der Waals surface area contributed by atoms with E-state index in [0.29, 0.717) is 4.99 Å². The van der Waals surface area contributed by atoms with E-state index in [4.69, 9.17) is 22.7 Å². The second kappa shape index (κ2) is 5.49. The van der Waals surface area contributed by atoms with Gasteiger partial charge in [0.15, 0.2) is 0 Å². The average Bonchev–Trinajstić information content (AvgIpc) is 2.23. The molecule has 1 rings (SSSR count). The van der Waals surface area contributed by atoms with Crippen LogP contribution < -0.4 is 10.5 Å². The Morgan fingerprint density at radius 2 is 1.68 bits per heavy atom. The normalized spacial score (nSPS) is 12.3. The van der Waals surface area contributed by atoms with Crippen LogP contribution in [0.3, 0.4) is 0 Å². The van der Waals surface area contributed by atoms with E-state index in [1.54, 1.807) is 0 Å². The molecule has 0 aliphatic rings. The van der Waals surface area contributed by atoms with Gasteiger partial charge in [0.1, 0.15) is 17.3 Å². The Hall–Kier alpha value is -1.09. The zero-order valence-corrected chi connectivity index (χ0v) is 13.6. The fourth-order valence-electron chi connectivity index (χ4n) is 1.86. The van der Waals surface area contributed by atoms with Crippen molar-refractivity contribution in [2.75, 3.05) is 6.61 Å². The van der Waals surface area contributed by atoms with E-state index in [1.807, 2.05) is 6.07 Å². The second-order valence-corrected chi connectivity index (χ2v) is 7.49. The van der Waals surface area contributed by atoms with Gasteiger partial charge in [-0.1, -0.05) is 65.9 Å². The molecule has 0 atom stereocenters. The number of thiocarbonyl (C=S) groups is 1. The molecule has 1 aromatic carbocycles. The summed E-state index contributed by atoms with van der Waals surface area (Å²) in [5, 5.41) is 0. The van der Waals surface area contributed by atoms with Crippen LogP contribution in [-0.2, 0) is 10.8 Å². The van der Waals surface area contributed by atoms with Crippen LogP contribution in [0.15, 0.2) is 18.2 Å². The van der Waals surface area contributed by atoms with Gasteiger partial charge in [-0.3, -0.25) is 0 Å². The number of ether oxygens (including phenoxy) is 1. The maximum Gasteiger partial charge on any atom is 0.138 e. The van der Waals surface area contributed by atoms with Crippen LogP contribution in [0.5, 0.6) is 5.75 Å². The lowest BCUT2D eigenvalue weighted by Crippen LogP contribution is -2.21. The van der Waals surface area contributed by atoms with Crippen LogP contribution >= 0.6 is 12.2 Å². The molecule has 1 aromatic rings. The van der Waals surface area contributed by atoms with E-state index in [2.05, 4.69) is 53.7 Å². The van der Waals surface area contributed by atoms with Crippen molar-refractivity contribution in [3.63, 3.8) is 0 Å². The lowest BCUT2D eigenvalue weighted by Gasteiger charge is -2.27. The minimum Gasteiger partial charge on any atom is -0.486 e. The van der Waals surface area contributed by atoms with E-state index in [9.17, 15) is 0 Å². The van der Waals surface area contributed by atoms with Crippen molar-refractivity contribution >= 4 is 17.2 Å². The molecular weight excluding hydrogens is 254 g/mol. The minimum atomic E-state index is 0.0206. The van der Waals surface area contributed by atoms with Crippen molar-refractivity contribution in [3.05, 3.63) is 29.3 Å². The predicted molar refractivity (Wildman–Crippen MR) is 86.1 cm³/mol. The van der Waals surface area contributed by atoms with Gasteiger partial charge < -0.3 is 10.5 Å². The molecular formula is C16H25NOS. The molecule has 0 fully saturated rings. The molecule has 106 valence electrons. The molecule has 0 unspecified atom stereocenters. The highest BCUT2D eigenvalue weighted by molar-refractivity contribution is 7.80. The predicted octanol–water partition coefficient (Wildman–Crippen LogP) is 3.95. The smallest absolute Gasteiger partial charge is 0.138 e. The Balaban J connectivity index is 3.22. The fourth-order valence-corrected chi connectivity index (χ4v) is 1.92. The van der Waals surface area contributed by atoms with Crippen molar-refractivity contribution in [2.45, 2.75) is 52.4 Å². The third-order valence-corrected chi connectivity index (χ3v) is 3.14. The molecule has 0 aliphatic carbocycles. The molecule has 0 aliphatic heterocycles. The molecule has 0 radical (unpaired) electrons. The molecule has 0 saturated heterocycles. The number of nitrogens with two attached hydrogens (primary N) is 1. The van der Waals surface area contributed by atoms with Gasteiger partial charge in [-0.2, -0.15) is 0 Å². The molecule has 2 nitrogen and oxygen atoms in total. The summed E-state index contributed by atoms with van der Waals surface area (Å²) in [4.78, 5) is 0.375. The summed E-state index contributed by atoms with van der Waals surface area (Å²) < 4.78 is 5.73. The van der Waals surface area contributed by atoms with E-state index < -0.39 is 0 Å². The second-order valence-electron chi connectivity index (χ2n) is 6.97. The zero-order chi connectivity index (χ0) is 14.8. The maximum absolute atomic E-state index is 5.73. The van der Waals surface area contributed by atoms with Gasteiger partial charge in [-0.15, -0.1) is 0 Å². The van der Waals surface area contributed by atoms with Crippen LogP contribution in [0.1, 0.15) is 52.7 Å². The SMILES string of the molecule is CC(C)(C)c1ccc(OCC(N)=S)c(C(C)(C)C)c1. The maximum atomic E-state index is 5.73. The van der Waals surface area contributed by atoms with Crippen LogP contribution in [-0.4, -0.2) is 11.6 Å². The molecule has 0 amide bonds. The first-order chi connectivity index (χ1) is 8.51. The van der Waals surface area contributed by atoms with Crippen LogP contribution in [0.25, 0.3) is 0 Å².